The number of carbonyl (C=O) groups excluding carboxylic acids is 1. The number of nitrogens with zero attached hydrogens (tertiary/aromatic N) is 4. The number of nitrogens with one attached hydrogen (secondary N) is 2. The molecule has 0 bridgehead atoms. The van der Waals surface area contributed by atoms with Gasteiger partial charge in [0.15, 0.2) is 5.82 Å². The van der Waals surface area contributed by atoms with Gasteiger partial charge in [-0.15, -0.1) is 0 Å². The van der Waals surface area contributed by atoms with Gasteiger partial charge in [0.1, 0.15) is 5.82 Å². The van der Waals surface area contributed by atoms with Gasteiger partial charge in [-0.1, -0.05) is 89.9 Å². The molecule has 0 fully saturated rings. The van der Waals surface area contributed by atoms with Crippen molar-refractivity contribution >= 4 is 40.7 Å². The zero-order valence-electron chi connectivity index (χ0n) is 23.0. The van der Waals surface area contributed by atoms with Gasteiger partial charge in [-0.2, -0.15) is 23.0 Å². The van der Waals surface area contributed by atoms with Crippen LogP contribution in [0.5, 0.6) is 0 Å². The van der Waals surface area contributed by atoms with E-state index in [9.17, 15) is 22.4 Å². The fraction of sp³-hybridized carbons (Fsp3) is 0.161. The van der Waals surface area contributed by atoms with Crippen molar-refractivity contribution in [2.75, 3.05) is 10.6 Å². The summed E-state index contributed by atoms with van der Waals surface area (Å²) in [6.07, 6.45) is -5.85. The molecule has 5 aromatic rings. The molecule has 2 aromatic heterocycles. The predicted octanol–water partition coefficient (Wildman–Crippen LogP) is 9.26. The number of aryl methyl sites for hydroxylation is 1. The Morgan fingerprint density at radius 3 is 2.09 bits per heavy atom. The van der Waals surface area contributed by atoms with Gasteiger partial charge in [0.05, 0.1) is 38.9 Å². The second-order valence-electron chi connectivity index (χ2n) is 9.75. The Morgan fingerprint density at radius 2 is 1.50 bits per heavy atom. The Kier molecular flexibility index (Phi) is 9.17. The van der Waals surface area contributed by atoms with Crippen molar-refractivity contribution in [3.8, 4) is 28.2 Å². The molecule has 1 unspecified atom stereocenters. The minimum Gasteiger partial charge on any atom is -0.305 e. The van der Waals surface area contributed by atoms with E-state index in [0.717, 1.165) is 4.68 Å². The maximum Gasteiger partial charge on any atom is 0.451 e. The first-order chi connectivity index (χ1) is 21.0. The molecule has 0 aliphatic rings. The van der Waals surface area contributed by atoms with Crippen molar-refractivity contribution in [3.63, 3.8) is 0 Å². The third-order valence-corrected chi connectivity index (χ3v) is 7.08. The summed E-state index contributed by atoms with van der Waals surface area (Å²) in [5.41, 5.74) is 1.58. The summed E-state index contributed by atoms with van der Waals surface area (Å²) in [7, 11) is 0. The third kappa shape index (κ3) is 7.00. The van der Waals surface area contributed by atoms with Crippen LogP contribution >= 0.6 is 23.2 Å². The summed E-state index contributed by atoms with van der Waals surface area (Å²) in [6.45, 7) is 1.39. The number of amides is 2. The van der Waals surface area contributed by atoms with E-state index in [4.69, 9.17) is 23.2 Å². The molecule has 44 heavy (non-hydrogen) atoms. The van der Waals surface area contributed by atoms with Gasteiger partial charge in [0.25, 0.3) is 0 Å². The Bertz CT molecular complexity index is 1760. The molecule has 2 amide bonds. The fourth-order valence-electron chi connectivity index (χ4n) is 4.43. The van der Waals surface area contributed by atoms with Crippen molar-refractivity contribution in [1.29, 1.82) is 0 Å². The van der Waals surface area contributed by atoms with Crippen molar-refractivity contribution in [1.82, 2.24) is 19.7 Å². The molecule has 226 valence electrons. The number of urea groups is 1. The van der Waals surface area contributed by atoms with Gasteiger partial charge >= 0.3 is 12.2 Å². The number of aromatic nitrogens is 4. The van der Waals surface area contributed by atoms with Crippen LogP contribution < -0.4 is 10.6 Å². The maximum absolute atomic E-state index is 14.3. The summed E-state index contributed by atoms with van der Waals surface area (Å²) in [5, 5.41) is 10.00. The second kappa shape index (κ2) is 13.0. The third-order valence-electron chi connectivity index (χ3n) is 6.45. The lowest BCUT2D eigenvalue weighted by Gasteiger charge is -2.18. The molecule has 1 atom stereocenters. The summed E-state index contributed by atoms with van der Waals surface area (Å²) in [6, 6.07) is 22.3. The molecule has 5 rings (SSSR count). The van der Waals surface area contributed by atoms with Crippen molar-refractivity contribution in [3.05, 3.63) is 106 Å². The highest BCUT2D eigenvalue weighted by Gasteiger charge is 2.37. The van der Waals surface area contributed by atoms with Crippen molar-refractivity contribution < 1.29 is 22.4 Å². The number of alkyl halides is 4. The number of halogens is 6. The quantitative estimate of drug-likeness (QED) is 0.165. The first-order valence-corrected chi connectivity index (χ1v) is 14.1. The molecular weight excluding hydrogens is 619 g/mol. The lowest BCUT2D eigenvalue weighted by Crippen LogP contribution is -2.23. The van der Waals surface area contributed by atoms with Gasteiger partial charge in [0.2, 0.25) is 5.82 Å². The summed E-state index contributed by atoms with van der Waals surface area (Å²) < 4.78 is 57.6. The minimum absolute atomic E-state index is 0.00167. The molecule has 0 radical (unpaired) electrons. The molecule has 2 N–H and O–H groups in total. The smallest absolute Gasteiger partial charge is 0.305 e. The predicted molar refractivity (Wildman–Crippen MR) is 163 cm³/mol. The number of rotatable bonds is 8. The molecule has 0 aliphatic carbocycles. The van der Waals surface area contributed by atoms with Gasteiger partial charge in [-0.05, 0) is 37.5 Å². The van der Waals surface area contributed by atoms with Gasteiger partial charge in [-0.25, -0.2) is 19.2 Å². The van der Waals surface area contributed by atoms with Gasteiger partial charge < -0.3 is 5.32 Å². The average Bonchev–Trinajstić information content (AvgIpc) is 3.40. The lowest BCUT2D eigenvalue weighted by atomic mass is 9.99. The van der Waals surface area contributed by atoms with Crippen LogP contribution in [0, 0.1) is 0 Å². The molecular formula is C31H24Cl2F4N6O. The maximum atomic E-state index is 14.3. The fourth-order valence-corrected chi connectivity index (χ4v) is 4.92. The molecule has 7 nitrogen and oxygen atoms in total. The van der Waals surface area contributed by atoms with E-state index in [1.807, 2.05) is 0 Å². The van der Waals surface area contributed by atoms with Crippen LogP contribution in [0.4, 0.5) is 33.9 Å². The Morgan fingerprint density at radius 1 is 0.886 bits per heavy atom. The van der Waals surface area contributed by atoms with E-state index in [2.05, 4.69) is 25.7 Å². The van der Waals surface area contributed by atoms with Crippen LogP contribution in [-0.2, 0) is 12.6 Å². The molecule has 3 aromatic carbocycles. The highest BCUT2D eigenvalue weighted by atomic mass is 35.5. The number of anilines is 2. The number of benzene rings is 3. The molecule has 13 heteroatoms. The second-order valence-corrected chi connectivity index (χ2v) is 10.6. The number of hydrogen-bond acceptors (Lipinski definition) is 4. The van der Waals surface area contributed by atoms with Gasteiger partial charge in [-0.3, -0.25) is 5.32 Å². The zero-order chi connectivity index (χ0) is 31.4. The van der Waals surface area contributed by atoms with E-state index in [-0.39, 0.29) is 51.5 Å². The van der Waals surface area contributed by atoms with Crippen molar-refractivity contribution in [2.24, 2.45) is 0 Å². The van der Waals surface area contributed by atoms with E-state index in [0.29, 0.717) is 16.8 Å². The summed E-state index contributed by atoms with van der Waals surface area (Å²) in [5.74, 6) is -1.68. The largest absolute Gasteiger partial charge is 0.451 e. The number of carbonyl (C=O) groups is 1. The Hall–Kier alpha value is -4.48. The van der Waals surface area contributed by atoms with Crippen LogP contribution in [0.1, 0.15) is 24.9 Å². The standard InChI is InChI=1S/C31H24Cl2F4N6O/c1-18(34)15-16-21-17-24(38-30(44)40-27-22(32)13-8-14-23(27)33)43(42-21)28-25(19-9-4-2-5-10-19)26(20-11-6-3-7-12-20)39-29(41-28)31(35,36)37/h2-14,17-18H,15-16H2,1H3,(H2,38,40,44). The summed E-state index contributed by atoms with van der Waals surface area (Å²) in [4.78, 5) is 21.1. The Labute approximate surface area is 259 Å². The van der Waals surface area contributed by atoms with Crippen LogP contribution in [0.3, 0.4) is 0 Å². The van der Waals surface area contributed by atoms with Crippen molar-refractivity contribution in [2.45, 2.75) is 32.1 Å². The van der Waals surface area contributed by atoms with Crippen LogP contribution in [0.25, 0.3) is 28.2 Å². The first kappa shape index (κ1) is 31.0. The molecule has 0 saturated carbocycles. The molecule has 2 heterocycles. The SMILES string of the molecule is CC(F)CCc1cc(NC(=O)Nc2c(Cl)cccc2Cl)n(-c2nc(C(F)(F)F)nc(-c3ccccc3)c2-c2ccccc2)n1. The van der Waals surface area contributed by atoms with Crippen LogP contribution in [0.2, 0.25) is 10.0 Å². The van der Waals surface area contributed by atoms with E-state index in [1.54, 1.807) is 66.7 Å². The monoisotopic (exact) mass is 642 g/mol. The zero-order valence-corrected chi connectivity index (χ0v) is 24.6. The van der Waals surface area contributed by atoms with Crippen LogP contribution in [-0.4, -0.2) is 32.0 Å². The van der Waals surface area contributed by atoms with E-state index >= 15 is 0 Å². The molecule has 0 spiro atoms. The normalized spacial score (nSPS) is 12.2. The topological polar surface area (TPSA) is 84.7 Å². The highest BCUT2D eigenvalue weighted by Crippen LogP contribution is 2.39. The molecule has 0 saturated heterocycles. The highest BCUT2D eigenvalue weighted by molar-refractivity contribution is 6.39. The summed E-state index contributed by atoms with van der Waals surface area (Å²) >= 11 is 12.4. The lowest BCUT2D eigenvalue weighted by molar-refractivity contribution is -0.144. The number of para-hydroxylation sites is 1. The van der Waals surface area contributed by atoms with Gasteiger partial charge in [0, 0.05) is 11.6 Å². The van der Waals surface area contributed by atoms with E-state index in [1.165, 1.54) is 25.1 Å². The van der Waals surface area contributed by atoms with E-state index < -0.39 is 24.2 Å². The minimum atomic E-state index is -4.92. The Balaban J connectivity index is 1.72. The average molecular weight is 643 g/mol. The molecule has 0 aliphatic heterocycles. The number of hydrogen-bond donors (Lipinski definition) is 2. The first-order valence-electron chi connectivity index (χ1n) is 13.4. The van der Waals surface area contributed by atoms with Crippen LogP contribution in [0.15, 0.2) is 84.9 Å².